The molecule has 0 atom stereocenters. The monoisotopic (exact) mass is 330 g/mol. The molecule has 0 bridgehead atoms. The maximum atomic E-state index is 5.34. The van der Waals surface area contributed by atoms with E-state index in [0.717, 1.165) is 10.5 Å². The van der Waals surface area contributed by atoms with E-state index < -0.39 is 0 Å². The quantitative estimate of drug-likeness (QED) is 0.252. The summed E-state index contributed by atoms with van der Waals surface area (Å²) in [6.07, 6.45) is 23.4. The molecule has 0 radical (unpaired) electrons. The minimum absolute atomic E-state index is 0.0812. The Morgan fingerprint density at radius 3 is 1.24 bits per heavy atom. The molecule has 0 amide bonds. The van der Waals surface area contributed by atoms with Gasteiger partial charge in [0.05, 0.1) is 0 Å². The summed E-state index contributed by atoms with van der Waals surface area (Å²) in [6.45, 7) is 2.30. The van der Waals surface area contributed by atoms with Crippen LogP contribution in [0.2, 0.25) is 6.04 Å². The molecule has 0 aliphatic heterocycles. The molecule has 21 heavy (non-hydrogen) atoms. The highest BCUT2D eigenvalue weighted by atomic mass is 28.3. The minimum atomic E-state index is -0.0812. The molecule has 0 rings (SSSR count). The second kappa shape index (κ2) is 20.4. The molecular weight excluding hydrogens is 288 g/mol. The highest BCUT2D eigenvalue weighted by molar-refractivity contribution is 6.34. The fourth-order valence-corrected chi connectivity index (χ4v) is 4.68. The van der Waals surface area contributed by atoms with Gasteiger partial charge < -0.3 is 4.12 Å². The Morgan fingerprint density at radius 2 is 0.905 bits per heavy atom. The molecule has 0 aromatic heterocycles. The normalized spacial score (nSPS) is 11.9. The zero-order chi connectivity index (χ0) is 15.4. The van der Waals surface area contributed by atoms with E-state index in [2.05, 4.69) is 6.92 Å². The summed E-state index contributed by atoms with van der Waals surface area (Å²) in [5.74, 6) is 0. The Bertz CT molecular complexity index is 159. The van der Waals surface area contributed by atoms with Crippen molar-refractivity contribution in [2.24, 2.45) is 0 Å². The Morgan fingerprint density at radius 1 is 0.571 bits per heavy atom. The van der Waals surface area contributed by atoms with Crippen molar-refractivity contribution >= 4 is 20.2 Å². The lowest BCUT2D eigenvalue weighted by atomic mass is 10.0. The van der Waals surface area contributed by atoms with Crippen molar-refractivity contribution in [3.8, 4) is 0 Å². The molecule has 0 saturated carbocycles. The van der Waals surface area contributed by atoms with Gasteiger partial charge in [-0.2, -0.15) is 0 Å². The first kappa shape index (κ1) is 21.4. The summed E-state index contributed by atoms with van der Waals surface area (Å²) >= 11 is 0. The van der Waals surface area contributed by atoms with Gasteiger partial charge in [0, 0.05) is 0 Å². The number of hydrogen-bond donors (Lipinski definition) is 0. The van der Waals surface area contributed by atoms with E-state index in [0.29, 0.717) is 0 Å². The maximum Gasteiger partial charge on any atom is 0.145 e. The van der Waals surface area contributed by atoms with Crippen LogP contribution in [0.5, 0.6) is 0 Å². The van der Waals surface area contributed by atoms with E-state index in [1.54, 1.807) is 0 Å². The highest BCUT2D eigenvalue weighted by Gasteiger charge is 1.94. The molecule has 3 heteroatoms. The topological polar surface area (TPSA) is 9.23 Å². The standard InChI is InChI=1S/C18H42OSi2/c1-2-3-4-5-6-7-8-9-10-11-12-13-14-15-16-17-18-21-19-20/h2-18,21H2,1,20H3. The van der Waals surface area contributed by atoms with Crippen molar-refractivity contribution in [2.45, 2.75) is 116 Å². The lowest BCUT2D eigenvalue weighted by Gasteiger charge is -2.03. The smallest absolute Gasteiger partial charge is 0.145 e. The van der Waals surface area contributed by atoms with Gasteiger partial charge in [-0.1, -0.05) is 110 Å². The van der Waals surface area contributed by atoms with Gasteiger partial charge in [-0.25, -0.2) is 0 Å². The predicted octanol–water partition coefficient (Wildman–Crippen LogP) is 5.05. The van der Waals surface area contributed by atoms with Crippen molar-refractivity contribution in [2.75, 3.05) is 0 Å². The van der Waals surface area contributed by atoms with Crippen LogP contribution in [0.25, 0.3) is 0 Å². The first-order valence-corrected chi connectivity index (χ1v) is 12.3. The summed E-state index contributed by atoms with van der Waals surface area (Å²) in [4.78, 5) is 0. The average molecular weight is 331 g/mol. The lowest BCUT2D eigenvalue weighted by molar-refractivity contribution is 0.530. The molecule has 1 nitrogen and oxygen atoms in total. The molecule has 0 aliphatic rings. The van der Waals surface area contributed by atoms with Crippen LogP contribution >= 0.6 is 0 Å². The third-order valence-corrected chi connectivity index (χ3v) is 6.87. The van der Waals surface area contributed by atoms with Gasteiger partial charge in [-0.05, 0) is 6.04 Å². The van der Waals surface area contributed by atoms with Crippen molar-refractivity contribution in [3.63, 3.8) is 0 Å². The molecule has 0 aromatic rings. The van der Waals surface area contributed by atoms with E-state index in [9.17, 15) is 0 Å². The molecule has 0 spiro atoms. The molecule has 0 unspecified atom stereocenters. The Balaban J connectivity index is 2.90. The second-order valence-electron chi connectivity index (χ2n) is 6.65. The van der Waals surface area contributed by atoms with Crippen LogP contribution in [0.3, 0.4) is 0 Å². The third kappa shape index (κ3) is 20.4. The van der Waals surface area contributed by atoms with E-state index >= 15 is 0 Å². The molecular formula is C18H42OSi2. The Labute approximate surface area is 140 Å². The fourth-order valence-electron chi connectivity index (χ4n) is 2.97. The van der Waals surface area contributed by atoms with E-state index in [-0.39, 0.29) is 9.76 Å². The van der Waals surface area contributed by atoms with Gasteiger partial charge in [-0.15, -0.1) is 0 Å². The van der Waals surface area contributed by atoms with Gasteiger partial charge in [0.15, 0.2) is 0 Å². The average Bonchev–Trinajstić information content (AvgIpc) is 2.50. The maximum absolute atomic E-state index is 5.34. The minimum Gasteiger partial charge on any atom is -0.468 e. The third-order valence-electron chi connectivity index (χ3n) is 4.45. The Kier molecular flexibility index (Phi) is 20.8. The predicted molar refractivity (Wildman–Crippen MR) is 104 cm³/mol. The SMILES string of the molecule is CCCCCCCCCCCCCCCCCC[SiH2]O[SiH3]. The lowest BCUT2D eigenvalue weighted by Crippen LogP contribution is -1.93. The van der Waals surface area contributed by atoms with E-state index in [1.165, 1.54) is 109 Å². The molecule has 128 valence electrons. The van der Waals surface area contributed by atoms with Crippen LogP contribution in [-0.2, 0) is 4.12 Å². The van der Waals surface area contributed by atoms with Crippen LogP contribution in [0, 0.1) is 0 Å². The Hall–Kier alpha value is 0.394. The highest BCUT2D eigenvalue weighted by Crippen LogP contribution is 2.13. The number of unbranched alkanes of at least 4 members (excludes halogenated alkanes) is 15. The largest absolute Gasteiger partial charge is 0.468 e. The molecule has 0 heterocycles. The van der Waals surface area contributed by atoms with Gasteiger partial charge in [-0.3, -0.25) is 0 Å². The van der Waals surface area contributed by atoms with Crippen molar-refractivity contribution in [1.82, 2.24) is 0 Å². The van der Waals surface area contributed by atoms with E-state index in [4.69, 9.17) is 4.12 Å². The zero-order valence-electron chi connectivity index (χ0n) is 15.1. The van der Waals surface area contributed by atoms with Crippen LogP contribution in [0.4, 0.5) is 0 Å². The summed E-state index contributed by atoms with van der Waals surface area (Å²) in [5.41, 5.74) is 0. The van der Waals surface area contributed by atoms with Gasteiger partial charge >= 0.3 is 0 Å². The van der Waals surface area contributed by atoms with Gasteiger partial charge in [0.1, 0.15) is 20.2 Å². The molecule has 0 fully saturated rings. The second-order valence-corrected chi connectivity index (χ2v) is 10.1. The van der Waals surface area contributed by atoms with E-state index in [1.807, 2.05) is 0 Å². The van der Waals surface area contributed by atoms with Gasteiger partial charge in [0.2, 0.25) is 0 Å². The van der Waals surface area contributed by atoms with Crippen molar-refractivity contribution in [3.05, 3.63) is 0 Å². The van der Waals surface area contributed by atoms with Crippen LogP contribution in [0.1, 0.15) is 110 Å². The summed E-state index contributed by atoms with van der Waals surface area (Å²) in [7, 11) is 0.891. The van der Waals surface area contributed by atoms with Gasteiger partial charge in [0.25, 0.3) is 0 Å². The fraction of sp³-hybridized carbons (Fsp3) is 1.00. The number of hydrogen-bond acceptors (Lipinski definition) is 1. The molecule has 0 saturated heterocycles. The molecule has 0 aromatic carbocycles. The first-order chi connectivity index (χ1) is 10.4. The molecule has 0 N–H and O–H groups in total. The van der Waals surface area contributed by atoms with Crippen molar-refractivity contribution in [1.29, 1.82) is 0 Å². The summed E-state index contributed by atoms with van der Waals surface area (Å²) in [5, 5.41) is 0. The number of rotatable bonds is 18. The molecule has 0 aliphatic carbocycles. The van der Waals surface area contributed by atoms with Crippen LogP contribution in [-0.4, -0.2) is 20.2 Å². The van der Waals surface area contributed by atoms with Crippen molar-refractivity contribution < 1.29 is 4.12 Å². The summed E-state index contributed by atoms with van der Waals surface area (Å²) in [6, 6.07) is 1.42. The summed E-state index contributed by atoms with van der Waals surface area (Å²) < 4.78 is 5.34. The zero-order valence-corrected chi connectivity index (χ0v) is 18.6. The first-order valence-electron chi connectivity index (χ1n) is 9.90. The van der Waals surface area contributed by atoms with Crippen LogP contribution in [0.15, 0.2) is 0 Å². The van der Waals surface area contributed by atoms with Crippen LogP contribution < -0.4 is 0 Å².